The van der Waals surface area contributed by atoms with E-state index in [0.29, 0.717) is 18.1 Å². The van der Waals surface area contributed by atoms with Crippen LogP contribution < -0.4 is 10.1 Å². The number of nitrogens with one attached hydrogen (secondary N) is 1. The molecule has 3 rings (SSSR count). The second-order valence-electron chi connectivity index (χ2n) is 5.91. The third-order valence-electron chi connectivity index (χ3n) is 4.15. The summed E-state index contributed by atoms with van der Waals surface area (Å²) in [6, 6.07) is 9.20. The minimum atomic E-state index is -0.119. The van der Waals surface area contributed by atoms with Gasteiger partial charge in [-0.2, -0.15) is 0 Å². The molecule has 1 atom stereocenters. The van der Waals surface area contributed by atoms with Crippen molar-refractivity contribution in [1.29, 1.82) is 0 Å². The third-order valence-corrected chi connectivity index (χ3v) is 4.15. The highest BCUT2D eigenvalue weighted by Crippen LogP contribution is 2.20. The number of aryl methyl sites for hydroxylation is 1. The SMILES string of the molecule is CCc1cnccc1C(=O)Nc1ccc(OCC2CCOC2)cc1. The lowest BCUT2D eigenvalue weighted by Crippen LogP contribution is -2.14. The number of aromatic nitrogens is 1. The molecule has 126 valence electrons. The number of amides is 1. The number of rotatable bonds is 6. The van der Waals surface area contributed by atoms with Crippen LogP contribution in [0.3, 0.4) is 0 Å². The molecule has 0 bridgehead atoms. The highest BCUT2D eigenvalue weighted by Gasteiger charge is 2.16. The molecule has 2 heterocycles. The number of ether oxygens (including phenoxy) is 2. The van der Waals surface area contributed by atoms with E-state index in [1.54, 1.807) is 18.5 Å². The van der Waals surface area contributed by atoms with Crippen molar-refractivity contribution in [2.75, 3.05) is 25.1 Å². The Morgan fingerprint density at radius 2 is 2.17 bits per heavy atom. The first kappa shape index (κ1) is 16.5. The Kier molecular flexibility index (Phi) is 5.43. The fourth-order valence-electron chi connectivity index (χ4n) is 2.69. The zero-order valence-corrected chi connectivity index (χ0v) is 13.8. The maximum absolute atomic E-state index is 12.4. The Hall–Kier alpha value is -2.40. The first-order valence-corrected chi connectivity index (χ1v) is 8.31. The highest BCUT2D eigenvalue weighted by molar-refractivity contribution is 6.05. The molecule has 1 aliphatic heterocycles. The van der Waals surface area contributed by atoms with Crippen molar-refractivity contribution in [1.82, 2.24) is 4.98 Å². The lowest BCUT2D eigenvalue weighted by atomic mass is 10.1. The minimum Gasteiger partial charge on any atom is -0.493 e. The van der Waals surface area contributed by atoms with Crippen LogP contribution in [0.25, 0.3) is 0 Å². The summed E-state index contributed by atoms with van der Waals surface area (Å²) in [5, 5.41) is 2.92. The fraction of sp³-hybridized carbons (Fsp3) is 0.368. The van der Waals surface area contributed by atoms with Crippen LogP contribution in [-0.2, 0) is 11.2 Å². The van der Waals surface area contributed by atoms with Gasteiger partial charge in [-0.1, -0.05) is 6.92 Å². The second kappa shape index (κ2) is 7.93. The molecule has 5 nitrogen and oxygen atoms in total. The Bertz CT molecular complexity index is 679. The van der Waals surface area contributed by atoms with Crippen LogP contribution in [0, 0.1) is 5.92 Å². The molecule has 0 aliphatic carbocycles. The predicted octanol–water partition coefficient (Wildman–Crippen LogP) is 3.31. The normalized spacial score (nSPS) is 16.8. The van der Waals surface area contributed by atoms with Crippen molar-refractivity contribution in [3.8, 4) is 5.75 Å². The van der Waals surface area contributed by atoms with Gasteiger partial charge in [0.25, 0.3) is 5.91 Å². The number of hydrogen-bond donors (Lipinski definition) is 1. The lowest BCUT2D eigenvalue weighted by molar-refractivity contribution is 0.102. The van der Waals surface area contributed by atoms with Gasteiger partial charge >= 0.3 is 0 Å². The zero-order valence-electron chi connectivity index (χ0n) is 13.8. The molecule has 2 aromatic rings. The average molecular weight is 326 g/mol. The van der Waals surface area contributed by atoms with Crippen molar-refractivity contribution < 1.29 is 14.3 Å². The summed E-state index contributed by atoms with van der Waals surface area (Å²) in [5.74, 6) is 1.16. The maximum Gasteiger partial charge on any atom is 0.256 e. The van der Waals surface area contributed by atoms with Gasteiger partial charge in [0.1, 0.15) is 5.75 Å². The molecule has 1 aliphatic rings. The van der Waals surface area contributed by atoms with Crippen LogP contribution in [0.4, 0.5) is 5.69 Å². The van der Waals surface area contributed by atoms with Crippen molar-refractivity contribution >= 4 is 11.6 Å². The van der Waals surface area contributed by atoms with Gasteiger partial charge in [-0.05, 0) is 48.7 Å². The van der Waals surface area contributed by atoms with Gasteiger partial charge < -0.3 is 14.8 Å². The van der Waals surface area contributed by atoms with Gasteiger partial charge in [-0.15, -0.1) is 0 Å². The fourth-order valence-corrected chi connectivity index (χ4v) is 2.69. The van der Waals surface area contributed by atoms with Crippen LogP contribution in [-0.4, -0.2) is 30.7 Å². The number of benzene rings is 1. The molecule has 1 unspecified atom stereocenters. The topological polar surface area (TPSA) is 60.5 Å². The summed E-state index contributed by atoms with van der Waals surface area (Å²) < 4.78 is 11.1. The van der Waals surface area contributed by atoms with Crippen LogP contribution >= 0.6 is 0 Å². The number of anilines is 1. The predicted molar refractivity (Wildman–Crippen MR) is 92.4 cm³/mol. The number of pyridine rings is 1. The van der Waals surface area contributed by atoms with Crippen LogP contribution in [0.15, 0.2) is 42.7 Å². The molecule has 24 heavy (non-hydrogen) atoms. The van der Waals surface area contributed by atoms with E-state index in [2.05, 4.69) is 10.3 Å². The van der Waals surface area contributed by atoms with Crippen molar-refractivity contribution in [3.05, 3.63) is 53.9 Å². The Morgan fingerprint density at radius 1 is 1.33 bits per heavy atom. The van der Waals surface area contributed by atoms with E-state index < -0.39 is 0 Å². The van der Waals surface area contributed by atoms with Gasteiger partial charge in [0.05, 0.1) is 13.2 Å². The average Bonchev–Trinajstić information content (AvgIpc) is 3.14. The summed E-state index contributed by atoms with van der Waals surface area (Å²) in [5.41, 5.74) is 2.35. The maximum atomic E-state index is 12.4. The Balaban J connectivity index is 1.58. The van der Waals surface area contributed by atoms with Crippen molar-refractivity contribution in [3.63, 3.8) is 0 Å². The molecule has 0 radical (unpaired) electrons. The molecule has 1 aromatic heterocycles. The van der Waals surface area contributed by atoms with Gasteiger partial charge in [-0.3, -0.25) is 9.78 Å². The smallest absolute Gasteiger partial charge is 0.256 e. The van der Waals surface area contributed by atoms with E-state index in [-0.39, 0.29) is 5.91 Å². The summed E-state index contributed by atoms with van der Waals surface area (Å²) >= 11 is 0. The van der Waals surface area contributed by atoms with E-state index in [9.17, 15) is 4.79 Å². The number of carbonyl (C=O) groups excluding carboxylic acids is 1. The number of carbonyl (C=O) groups is 1. The molecule has 0 spiro atoms. The molecule has 5 heteroatoms. The number of nitrogens with zero attached hydrogens (tertiary/aromatic N) is 1. The van der Waals surface area contributed by atoms with E-state index in [0.717, 1.165) is 43.1 Å². The Labute approximate surface area is 142 Å². The van der Waals surface area contributed by atoms with Gasteiger partial charge in [0, 0.05) is 36.2 Å². The lowest BCUT2D eigenvalue weighted by Gasteiger charge is -2.12. The molecule has 1 N–H and O–H groups in total. The molecular weight excluding hydrogens is 304 g/mol. The summed E-state index contributed by atoms with van der Waals surface area (Å²) in [6.07, 6.45) is 5.20. The highest BCUT2D eigenvalue weighted by atomic mass is 16.5. The number of hydrogen-bond acceptors (Lipinski definition) is 4. The molecule has 1 aromatic carbocycles. The van der Waals surface area contributed by atoms with E-state index >= 15 is 0 Å². The first-order valence-electron chi connectivity index (χ1n) is 8.31. The van der Waals surface area contributed by atoms with Crippen LogP contribution in [0.5, 0.6) is 5.75 Å². The summed E-state index contributed by atoms with van der Waals surface area (Å²) in [6.45, 7) is 4.28. The molecule has 0 saturated carbocycles. The van der Waals surface area contributed by atoms with Crippen LogP contribution in [0.2, 0.25) is 0 Å². The zero-order chi connectivity index (χ0) is 16.8. The largest absolute Gasteiger partial charge is 0.493 e. The molecule has 1 fully saturated rings. The minimum absolute atomic E-state index is 0.119. The van der Waals surface area contributed by atoms with Gasteiger partial charge in [0.2, 0.25) is 0 Å². The van der Waals surface area contributed by atoms with Crippen molar-refractivity contribution in [2.45, 2.75) is 19.8 Å². The van der Waals surface area contributed by atoms with E-state index in [1.165, 1.54) is 0 Å². The van der Waals surface area contributed by atoms with Crippen molar-refractivity contribution in [2.24, 2.45) is 5.92 Å². The van der Waals surface area contributed by atoms with Gasteiger partial charge in [-0.25, -0.2) is 0 Å². The molecule has 1 saturated heterocycles. The Morgan fingerprint density at radius 3 is 2.88 bits per heavy atom. The quantitative estimate of drug-likeness (QED) is 0.885. The standard InChI is InChI=1S/C19H22N2O3/c1-2-15-11-20-9-7-18(15)19(22)21-16-3-5-17(6-4-16)24-13-14-8-10-23-12-14/h3-7,9,11,14H,2,8,10,12-13H2,1H3,(H,21,22). The summed E-state index contributed by atoms with van der Waals surface area (Å²) in [7, 11) is 0. The first-order chi connectivity index (χ1) is 11.8. The molecule has 1 amide bonds. The molecular formula is C19H22N2O3. The van der Waals surface area contributed by atoms with Gasteiger partial charge in [0.15, 0.2) is 0 Å². The van der Waals surface area contributed by atoms with Crippen LogP contribution in [0.1, 0.15) is 29.3 Å². The monoisotopic (exact) mass is 326 g/mol. The third kappa shape index (κ3) is 4.11. The second-order valence-corrected chi connectivity index (χ2v) is 5.91. The summed E-state index contributed by atoms with van der Waals surface area (Å²) in [4.78, 5) is 16.5. The van der Waals surface area contributed by atoms with E-state index in [1.807, 2.05) is 31.2 Å². The van der Waals surface area contributed by atoms with E-state index in [4.69, 9.17) is 9.47 Å².